The van der Waals surface area contributed by atoms with E-state index in [2.05, 4.69) is 240 Å². The molecule has 17 aromatic rings. The minimum absolute atomic E-state index is 0.552. The Labute approximate surface area is 447 Å². The van der Waals surface area contributed by atoms with Crippen molar-refractivity contribution in [1.29, 1.82) is 0 Å². The normalized spacial score (nSPS) is 12.2. The molecule has 0 aliphatic rings. The third-order valence-corrected chi connectivity index (χ3v) is 17.9. The van der Waals surface area contributed by atoms with Gasteiger partial charge in [0, 0.05) is 95.0 Å². The first-order valence-corrected chi connectivity index (χ1v) is 27.5. The standard InChI is InChI=1S/C69H39N5OS2/c1-2-15-44(16-3-1)73-56-23-9-6-19-47(56)53-36-41(30-33-59(53)73)52-37-43(38-54-49-21-8-13-28-63(49)77-66(52)54)40-31-34-60-55(35-40)65-51(22-14-26-61(65)75-60)68-70-67(42-29-32-50-48-20-7-12-27-62(48)76-64(50)39-42)71-69(72-68)74-57-24-10-4-17-45(57)46-18-5-11-25-58(46)74/h1-39H. The Bertz CT molecular complexity index is 5260. The van der Waals surface area contributed by atoms with Crippen LogP contribution in [-0.4, -0.2) is 24.1 Å². The second-order valence-corrected chi connectivity index (χ2v) is 22.0. The smallest absolute Gasteiger partial charge is 0.238 e. The zero-order valence-corrected chi connectivity index (χ0v) is 42.6. The lowest BCUT2D eigenvalue weighted by atomic mass is 9.94. The van der Waals surface area contributed by atoms with E-state index >= 15 is 0 Å². The Balaban J connectivity index is 0.874. The van der Waals surface area contributed by atoms with Crippen LogP contribution >= 0.6 is 22.7 Å². The van der Waals surface area contributed by atoms with Gasteiger partial charge in [0.1, 0.15) is 11.2 Å². The van der Waals surface area contributed by atoms with Gasteiger partial charge >= 0.3 is 0 Å². The Kier molecular flexibility index (Phi) is 9.07. The summed E-state index contributed by atoms with van der Waals surface area (Å²) in [4.78, 5) is 16.2. The van der Waals surface area contributed by atoms with E-state index in [0.29, 0.717) is 17.6 Å². The average Bonchev–Trinajstić information content (AvgIpc) is 4.41. The molecule has 0 bridgehead atoms. The Morgan fingerprint density at radius 2 is 0.896 bits per heavy atom. The monoisotopic (exact) mass is 1020 g/mol. The summed E-state index contributed by atoms with van der Waals surface area (Å²) in [7, 11) is 0. The molecule has 0 saturated carbocycles. The first kappa shape index (κ1) is 42.6. The Hall–Kier alpha value is -9.73. The van der Waals surface area contributed by atoms with Crippen LogP contribution in [-0.2, 0) is 0 Å². The fraction of sp³-hybridized carbons (Fsp3) is 0. The number of furan rings is 1. The number of aromatic nitrogens is 5. The van der Waals surface area contributed by atoms with E-state index in [1.807, 2.05) is 17.4 Å². The quantitative estimate of drug-likeness (QED) is 0.166. The topological polar surface area (TPSA) is 61.7 Å². The molecule has 6 nitrogen and oxygen atoms in total. The molecular weight excluding hydrogens is 979 g/mol. The third kappa shape index (κ3) is 6.43. The van der Waals surface area contributed by atoms with Gasteiger partial charge in [0.15, 0.2) is 11.6 Å². The summed E-state index contributed by atoms with van der Waals surface area (Å²) in [5, 5.41) is 11.7. The first-order valence-electron chi connectivity index (χ1n) is 25.8. The molecule has 0 aliphatic heterocycles. The van der Waals surface area contributed by atoms with Crippen LogP contribution in [0.3, 0.4) is 0 Å². The van der Waals surface area contributed by atoms with Crippen LogP contribution in [0, 0.1) is 0 Å². The van der Waals surface area contributed by atoms with Gasteiger partial charge in [0.2, 0.25) is 5.95 Å². The van der Waals surface area contributed by atoms with Crippen LogP contribution in [0.4, 0.5) is 0 Å². The van der Waals surface area contributed by atoms with Crippen LogP contribution in [0.1, 0.15) is 0 Å². The maximum Gasteiger partial charge on any atom is 0.238 e. The third-order valence-electron chi connectivity index (χ3n) is 15.6. The van der Waals surface area contributed by atoms with Gasteiger partial charge in [0.05, 0.1) is 22.1 Å². The number of para-hydroxylation sites is 4. The van der Waals surface area contributed by atoms with E-state index in [-0.39, 0.29) is 0 Å². The lowest BCUT2D eigenvalue weighted by Gasteiger charge is -2.12. The first-order chi connectivity index (χ1) is 38.1. The maximum absolute atomic E-state index is 6.76. The molecule has 0 aliphatic carbocycles. The lowest BCUT2D eigenvalue weighted by molar-refractivity contribution is 0.669. The molecule has 0 saturated heterocycles. The van der Waals surface area contributed by atoms with Crippen LogP contribution in [0.25, 0.3) is 163 Å². The number of rotatable bonds is 6. The predicted octanol–water partition coefficient (Wildman–Crippen LogP) is 19.4. The highest BCUT2D eigenvalue weighted by Crippen LogP contribution is 2.46. The van der Waals surface area contributed by atoms with E-state index in [1.165, 1.54) is 73.3 Å². The van der Waals surface area contributed by atoms with Gasteiger partial charge < -0.3 is 8.98 Å². The van der Waals surface area contributed by atoms with Gasteiger partial charge in [-0.3, -0.25) is 4.57 Å². The molecule has 0 radical (unpaired) electrons. The molecule has 0 amide bonds. The molecule has 17 rings (SSSR count). The zero-order chi connectivity index (χ0) is 50.3. The predicted molar refractivity (Wildman–Crippen MR) is 323 cm³/mol. The molecule has 0 spiro atoms. The molecule has 11 aromatic carbocycles. The summed E-state index contributed by atoms with van der Waals surface area (Å²) in [5.74, 6) is 1.72. The largest absolute Gasteiger partial charge is 0.456 e. The van der Waals surface area contributed by atoms with E-state index in [4.69, 9.17) is 19.4 Å². The fourth-order valence-corrected chi connectivity index (χ4v) is 14.5. The number of hydrogen-bond donors (Lipinski definition) is 0. The second kappa shape index (κ2) is 16.4. The molecule has 0 fully saturated rings. The number of nitrogens with zero attached hydrogens (tertiary/aromatic N) is 5. The van der Waals surface area contributed by atoms with Crippen molar-refractivity contribution in [2.45, 2.75) is 0 Å². The minimum Gasteiger partial charge on any atom is -0.456 e. The highest BCUT2D eigenvalue weighted by molar-refractivity contribution is 7.26. The molecule has 0 N–H and O–H groups in total. The molecule has 77 heavy (non-hydrogen) atoms. The molecule has 8 heteroatoms. The van der Waals surface area contributed by atoms with Crippen molar-refractivity contribution in [2.75, 3.05) is 0 Å². The zero-order valence-electron chi connectivity index (χ0n) is 41.0. The van der Waals surface area contributed by atoms with Gasteiger partial charge in [-0.1, -0.05) is 146 Å². The molecule has 358 valence electrons. The molecule has 6 heterocycles. The van der Waals surface area contributed by atoms with Gasteiger partial charge in [-0.15, -0.1) is 22.7 Å². The average molecular weight is 1020 g/mol. The Morgan fingerprint density at radius 3 is 1.68 bits per heavy atom. The van der Waals surface area contributed by atoms with E-state index in [0.717, 1.165) is 71.7 Å². The van der Waals surface area contributed by atoms with Crippen molar-refractivity contribution in [3.05, 3.63) is 237 Å². The van der Waals surface area contributed by atoms with Gasteiger partial charge in [-0.2, -0.15) is 9.97 Å². The molecular formula is C69H39N5OS2. The minimum atomic E-state index is 0.552. The fourth-order valence-electron chi connectivity index (χ4n) is 12.1. The summed E-state index contributed by atoms with van der Waals surface area (Å²) >= 11 is 3.66. The number of fused-ring (bicyclic) bond motifs is 15. The summed E-state index contributed by atoms with van der Waals surface area (Å²) in [6.07, 6.45) is 0. The molecule has 0 unspecified atom stereocenters. The SMILES string of the molecule is c1ccc(-n2c3ccccc3c3cc(-c4cc(-c5ccc6oc7cccc(-c8nc(-c9ccc%10c(c9)sc9ccccc9%10)nc(-n9c%10ccccc%10c%10ccccc%109)n8)c7c6c5)cc5c4sc4ccccc45)ccc32)cc1. The van der Waals surface area contributed by atoms with Crippen molar-refractivity contribution in [3.63, 3.8) is 0 Å². The van der Waals surface area contributed by atoms with Crippen LogP contribution in [0.15, 0.2) is 241 Å². The number of thiophene rings is 2. The second-order valence-electron chi connectivity index (χ2n) is 19.9. The number of hydrogen-bond acceptors (Lipinski definition) is 6. The molecule has 0 atom stereocenters. The summed E-state index contributed by atoms with van der Waals surface area (Å²) < 4.78 is 16.3. The van der Waals surface area contributed by atoms with Gasteiger partial charge in [0.25, 0.3) is 0 Å². The van der Waals surface area contributed by atoms with Gasteiger partial charge in [-0.05, 0) is 108 Å². The van der Waals surface area contributed by atoms with Gasteiger partial charge in [-0.25, -0.2) is 4.98 Å². The van der Waals surface area contributed by atoms with Crippen molar-refractivity contribution < 1.29 is 4.42 Å². The summed E-state index contributed by atoms with van der Waals surface area (Å²) in [5.41, 5.74) is 13.6. The highest BCUT2D eigenvalue weighted by Gasteiger charge is 2.23. The maximum atomic E-state index is 6.76. The van der Waals surface area contributed by atoms with Crippen molar-refractivity contribution >= 4 is 129 Å². The van der Waals surface area contributed by atoms with Crippen molar-refractivity contribution in [1.82, 2.24) is 24.1 Å². The lowest BCUT2D eigenvalue weighted by Crippen LogP contribution is -2.06. The van der Waals surface area contributed by atoms with E-state index in [9.17, 15) is 0 Å². The van der Waals surface area contributed by atoms with E-state index < -0.39 is 0 Å². The van der Waals surface area contributed by atoms with Crippen molar-refractivity contribution in [3.8, 4) is 56.7 Å². The van der Waals surface area contributed by atoms with Crippen LogP contribution < -0.4 is 0 Å². The summed E-state index contributed by atoms with van der Waals surface area (Å²) in [6.45, 7) is 0. The highest BCUT2D eigenvalue weighted by atomic mass is 32.1. The van der Waals surface area contributed by atoms with Crippen molar-refractivity contribution in [2.24, 2.45) is 0 Å². The number of benzene rings is 11. The van der Waals surface area contributed by atoms with Crippen LogP contribution in [0.2, 0.25) is 0 Å². The van der Waals surface area contributed by atoms with Crippen LogP contribution in [0.5, 0.6) is 0 Å². The van der Waals surface area contributed by atoms with E-state index in [1.54, 1.807) is 11.3 Å². The summed E-state index contributed by atoms with van der Waals surface area (Å²) in [6, 6.07) is 85.0. The molecule has 6 aromatic heterocycles. The Morgan fingerprint density at radius 1 is 0.312 bits per heavy atom.